The van der Waals surface area contributed by atoms with Gasteiger partial charge in [0.1, 0.15) is 0 Å². The SMILES string of the molecule is O=C(CCNS(=O)(=O)c1ccc(F)c(F)c1)NCC(c1cccc(Cl)c1)N1CCCC1. The Hall–Kier alpha value is -2.07. The van der Waals surface area contributed by atoms with Crippen LogP contribution in [0.5, 0.6) is 0 Å². The number of rotatable bonds is 9. The second-order valence-corrected chi connectivity index (χ2v) is 9.55. The molecule has 0 bridgehead atoms. The van der Waals surface area contributed by atoms with Crippen molar-refractivity contribution < 1.29 is 22.0 Å². The minimum atomic E-state index is -4.05. The summed E-state index contributed by atoms with van der Waals surface area (Å²) in [6.07, 6.45) is 2.10. The standard InChI is InChI=1S/C21H24ClF2N3O3S/c22-16-5-3-4-15(12-16)20(27-10-1-2-11-27)14-25-21(28)8-9-26-31(29,30)17-6-7-18(23)19(24)13-17/h3-7,12-13,20,26H,1-2,8-11,14H2,(H,25,28). The maximum absolute atomic E-state index is 13.3. The molecule has 0 aromatic heterocycles. The van der Waals surface area contributed by atoms with E-state index in [-0.39, 0.29) is 24.9 Å². The van der Waals surface area contributed by atoms with Crippen molar-refractivity contribution in [3.8, 4) is 0 Å². The number of amides is 1. The van der Waals surface area contributed by atoms with Crippen LogP contribution in [-0.2, 0) is 14.8 Å². The first-order valence-electron chi connectivity index (χ1n) is 9.97. The molecule has 168 valence electrons. The average molecular weight is 472 g/mol. The molecule has 1 heterocycles. The molecule has 0 saturated carbocycles. The van der Waals surface area contributed by atoms with Crippen molar-refractivity contribution in [3.63, 3.8) is 0 Å². The molecule has 2 aromatic rings. The first-order valence-corrected chi connectivity index (χ1v) is 11.8. The van der Waals surface area contributed by atoms with E-state index in [1.54, 1.807) is 6.07 Å². The van der Waals surface area contributed by atoms with E-state index < -0.39 is 26.6 Å². The fourth-order valence-corrected chi connectivity index (χ4v) is 4.79. The summed E-state index contributed by atoms with van der Waals surface area (Å²) in [5.41, 5.74) is 1.01. The Morgan fingerprint density at radius 3 is 2.52 bits per heavy atom. The Kier molecular flexibility index (Phi) is 7.99. The Bertz CT molecular complexity index is 1030. The minimum absolute atomic E-state index is 0.0240. The Labute approximate surface area is 185 Å². The average Bonchev–Trinajstić information content (AvgIpc) is 3.24. The summed E-state index contributed by atoms with van der Waals surface area (Å²) < 4.78 is 52.9. The van der Waals surface area contributed by atoms with Crippen LogP contribution in [0.1, 0.15) is 30.9 Å². The zero-order valence-corrected chi connectivity index (χ0v) is 18.4. The molecule has 1 aliphatic heterocycles. The maximum atomic E-state index is 13.3. The number of nitrogens with one attached hydrogen (secondary N) is 2. The van der Waals surface area contributed by atoms with Crippen LogP contribution in [0.3, 0.4) is 0 Å². The van der Waals surface area contributed by atoms with Gasteiger partial charge in [-0.1, -0.05) is 23.7 Å². The molecule has 0 radical (unpaired) electrons. The molecule has 1 unspecified atom stereocenters. The van der Waals surface area contributed by atoms with Crippen LogP contribution in [0, 0.1) is 11.6 Å². The van der Waals surface area contributed by atoms with E-state index in [9.17, 15) is 22.0 Å². The molecule has 10 heteroatoms. The highest BCUT2D eigenvalue weighted by atomic mass is 35.5. The van der Waals surface area contributed by atoms with Crippen molar-refractivity contribution in [2.75, 3.05) is 26.2 Å². The summed E-state index contributed by atoms with van der Waals surface area (Å²) in [5.74, 6) is -2.71. The van der Waals surface area contributed by atoms with Gasteiger partial charge in [0, 0.05) is 24.5 Å². The number of sulfonamides is 1. The third kappa shape index (κ3) is 6.46. The summed E-state index contributed by atoms with van der Waals surface area (Å²) in [6, 6.07) is 9.80. The normalized spacial score (nSPS) is 15.7. The predicted molar refractivity (Wildman–Crippen MR) is 114 cm³/mol. The lowest BCUT2D eigenvalue weighted by Crippen LogP contribution is -2.38. The number of halogens is 3. The molecule has 1 saturated heterocycles. The fraction of sp³-hybridized carbons (Fsp3) is 0.381. The molecule has 3 rings (SSSR count). The van der Waals surface area contributed by atoms with Gasteiger partial charge in [-0.05, 0) is 61.8 Å². The van der Waals surface area contributed by atoms with E-state index in [4.69, 9.17) is 11.6 Å². The van der Waals surface area contributed by atoms with Gasteiger partial charge in [-0.25, -0.2) is 21.9 Å². The third-order valence-corrected chi connectivity index (χ3v) is 6.85. The number of nitrogens with zero attached hydrogens (tertiary/aromatic N) is 1. The van der Waals surface area contributed by atoms with Crippen molar-refractivity contribution in [2.45, 2.75) is 30.2 Å². The van der Waals surface area contributed by atoms with Gasteiger partial charge >= 0.3 is 0 Å². The van der Waals surface area contributed by atoms with Crippen LogP contribution in [-0.4, -0.2) is 45.4 Å². The van der Waals surface area contributed by atoms with Crippen LogP contribution >= 0.6 is 11.6 Å². The van der Waals surface area contributed by atoms with Gasteiger partial charge in [-0.15, -0.1) is 0 Å². The van der Waals surface area contributed by atoms with E-state index in [2.05, 4.69) is 14.9 Å². The second kappa shape index (κ2) is 10.5. The number of hydrogen-bond donors (Lipinski definition) is 2. The Morgan fingerprint density at radius 2 is 1.84 bits per heavy atom. The molecule has 1 aliphatic rings. The predicted octanol–water partition coefficient (Wildman–Crippen LogP) is 3.24. The lowest BCUT2D eigenvalue weighted by atomic mass is 10.1. The van der Waals surface area contributed by atoms with Gasteiger partial charge < -0.3 is 5.32 Å². The van der Waals surface area contributed by atoms with E-state index >= 15 is 0 Å². The van der Waals surface area contributed by atoms with Crippen LogP contribution in [0.2, 0.25) is 5.02 Å². The van der Waals surface area contributed by atoms with E-state index in [0.29, 0.717) is 17.6 Å². The Morgan fingerprint density at radius 1 is 1.10 bits per heavy atom. The monoisotopic (exact) mass is 471 g/mol. The molecule has 1 atom stereocenters. The van der Waals surface area contributed by atoms with E-state index in [1.807, 2.05) is 18.2 Å². The quantitative estimate of drug-likeness (QED) is 0.588. The maximum Gasteiger partial charge on any atom is 0.240 e. The Balaban J connectivity index is 1.53. The van der Waals surface area contributed by atoms with Gasteiger partial charge in [0.15, 0.2) is 11.6 Å². The topological polar surface area (TPSA) is 78.5 Å². The minimum Gasteiger partial charge on any atom is -0.354 e. The molecule has 2 N–H and O–H groups in total. The summed E-state index contributed by atoms with van der Waals surface area (Å²) >= 11 is 6.12. The molecular weight excluding hydrogens is 448 g/mol. The first kappa shape index (κ1) is 23.6. The number of hydrogen-bond acceptors (Lipinski definition) is 4. The van der Waals surface area contributed by atoms with Crippen LogP contribution < -0.4 is 10.0 Å². The second-order valence-electron chi connectivity index (χ2n) is 7.34. The fourth-order valence-electron chi connectivity index (χ4n) is 3.55. The van der Waals surface area contributed by atoms with Crippen molar-refractivity contribution >= 4 is 27.5 Å². The van der Waals surface area contributed by atoms with Gasteiger partial charge in [-0.3, -0.25) is 9.69 Å². The van der Waals surface area contributed by atoms with Gasteiger partial charge in [0.25, 0.3) is 0 Å². The number of benzene rings is 2. The van der Waals surface area contributed by atoms with E-state index in [0.717, 1.165) is 43.6 Å². The molecule has 0 aliphatic carbocycles. The van der Waals surface area contributed by atoms with Crippen LogP contribution in [0.4, 0.5) is 8.78 Å². The number of likely N-dealkylation sites (tertiary alicyclic amines) is 1. The van der Waals surface area contributed by atoms with Crippen molar-refractivity contribution in [1.82, 2.24) is 14.9 Å². The lowest BCUT2D eigenvalue weighted by molar-refractivity contribution is -0.121. The van der Waals surface area contributed by atoms with Gasteiger partial charge in [-0.2, -0.15) is 0 Å². The summed E-state index contributed by atoms with van der Waals surface area (Å²) in [5, 5.41) is 3.48. The highest BCUT2D eigenvalue weighted by Crippen LogP contribution is 2.26. The van der Waals surface area contributed by atoms with Crippen molar-refractivity contribution in [3.05, 3.63) is 64.7 Å². The highest BCUT2D eigenvalue weighted by Gasteiger charge is 2.24. The van der Waals surface area contributed by atoms with Gasteiger partial charge in [0.2, 0.25) is 15.9 Å². The van der Waals surface area contributed by atoms with Crippen molar-refractivity contribution in [2.24, 2.45) is 0 Å². The molecule has 0 spiro atoms. The largest absolute Gasteiger partial charge is 0.354 e. The summed E-state index contributed by atoms with van der Waals surface area (Å²) in [7, 11) is -4.05. The van der Waals surface area contributed by atoms with Crippen molar-refractivity contribution in [1.29, 1.82) is 0 Å². The zero-order valence-electron chi connectivity index (χ0n) is 16.8. The number of carbonyl (C=O) groups is 1. The van der Waals surface area contributed by atoms with Gasteiger partial charge in [0.05, 0.1) is 10.9 Å². The van der Waals surface area contributed by atoms with E-state index in [1.165, 1.54) is 0 Å². The summed E-state index contributed by atoms with van der Waals surface area (Å²) in [6.45, 7) is 2.07. The molecule has 6 nitrogen and oxygen atoms in total. The molecule has 1 fully saturated rings. The first-order chi connectivity index (χ1) is 14.8. The lowest BCUT2D eigenvalue weighted by Gasteiger charge is -2.28. The van der Waals surface area contributed by atoms with Crippen LogP contribution in [0.15, 0.2) is 47.4 Å². The molecule has 2 aromatic carbocycles. The third-order valence-electron chi connectivity index (χ3n) is 5.15. The van der Waals surface area contributed by atoms with Crippen LogP contribution in [0.25, 0.3) is 0 Å². The molecule has 1 amide bonds. The zero-order chi connectivity index (χ0) is 22.4. The molecule has 31 heavy (non-hydrogen) atoms. The number of carbonyl (C=O) groups excluding carboxylic acids is 1. The summed E-state index contributed by atoms with van der Waals surface area (Å²) in [4.78, 5) is 14.2. The highest BCUT2D eigenvalue weighted by molar-refractivity contribution is 7.89. The smallest absolute Gasteiger partial charge is 0.240 e. The molecular formula is C21H24ClF2N3O3S.